The third-order valence-corrected chi connectivity index (χ3v) is 5.50. The molecule has 0 aromatic carbocycles. The van der Waals surface area contributed by atoms with Crippen molar-refractivity contribution in [1.82, 2.24) is 0 Å². The van der Waals surface area contributed by atoms with E-state index in [1.807, 2.05) is 0 Å². The van der Waals surface area contributed by atoms with Crippen LogP contribution < -0.4 is 0 Å². The molecular formula is C26H52O5. The van der Waals surface area contributed by atoms with Gasteiger partial charge in [0.2, 0.25) is 0 Å². The van der Waals surface area contributed by atoms with Crippen LogP contribution in [0.2, 0.25) is 0 Å². The van der Waals surface area contributed by atoms with Gasteiger partial charge in [0.15, 0.2) is 0 Å². The van der Waals surface area contributed by atoms with E-state index in [4.69, 9.17) is 18.9 Å². The Balaban J connectivity index is 3.26. The molecule has 0 aliphatic carbocycles. The van der Waals surface area contributed by atoms with E-state index < -0.39 is 0 Å². The summed E-state index contributed by atoms with van der Waals surface area (Å²) in [5.41, 5.74) is 0. The maximum absolute atomic E-state index is 11.7. The highest BCUT2D eigenvalue weighted by atomic mass is 16.5. The van der Waals surface area contributed by atoms with Gasteiger partial charge >= 0.3 is 5.97 Å². The van der Waals surface area contributed by atoms with Gasteiger partial charge in [-0.1, -0.05) is 79.1 Å². The summed E-state index contributed by atoms with van der Waals surface area (Å²) in [5.74, 6) is 1.37. The second kappa shape index (κ2) is 24.0. The maximum atomic E-state index is 11.7. The number of carbonyl (C=O) groups excluding carboxylic acids is 1. The molecule has 0 heterocycles. The van der Waals surface area contributed by atoms with Gasteiger partial charge in [-0.25, -0.2) is 0 Å². The van der Waals surface area contributed by atoms with E-state index in [1.165, 1.54) is 51.4 Å². The molecule has 1 atom stereocenters. The summed E-state index contributed by atoms with van der Waals surface area (Å²) in [6.45, 7) is 13.3. The van der Waals surface area contributed by atoms with Gasteiger partial charge in [0.1, 0.15) is 0 Å². The van der Waals surface area contributed by atoms with Gasteiger partial charge in [0.05, 0.1) is 33.0 Å². The Kier molecular flexibility index (Phi) is 23.5. The highest BCUT2D eigenvalue weighted by molar-refractivity contribution is 5.69. The first-order chi connectivity index (χ1) is 15.1. The summed E-state index contributed by atoms with van der Waals surface area (Å²) in [4.78, 5) is 11.7. The molecule has 0 saturated carbocycles. The van der Waals surface area contributed by atoms with Crippen LogP contribution >= 0.6 is 0 Å². The zero-order chi connectivity index (χ0) is 23.0. The fourth-order valence-electron chi connectivity index (χ4n) is 3.35. The molecule has 0 aromatic rings. The Morgan fingerprint density at radius 2 is 1.32 bits per heavy atom. The first-order valence-electron chi connectivity index (χ1n) is 13.0. The van der Waals surface area contributed by atoms with Gasteiger partial charge in [-0.2, -0.15) is 0 Å². The minimum absolute atomic E-state index is 0.110. The fraction of sp³-hybridized carbons (Fsp3) is 0.962. The largest absolute Gasteiger partial charge is 0.466 e. The number of hydrogen-bond donors (Lipinski definition) is 0. The molecule has 5 nitrogen and oxygen atoms in total. The van der Waals surface area contributed by atoms with E-state index in [0.29, 0.717) is 58.4 Å². The van der Waals surface area contributed by atoms with Crippen molar-refractivity contribution in [2.24, 2.45) is 11.8 Å². The lowest BCUT2D eigenvalue weighted by Gasteiger charge is -2.14. The van der Waals surface area contributed by atoms with E-state index in [0.717, 1.165) is 25.4 Å². The van der Waals surface area contributed by atoms with Crippen LogP contribution in [-0.2, 0) is 23.7 Å². The van der Waals surface area contributed by atoms with E-state index in [2.05, 4.69) is 27.7 Å². The van der Waals surface area contributed by atoms with E-state index >= 15 is 0 Å². The minimum atomic E-state index is -0.110. The molecular weight excluding hydrogens is 392 g/mol. The average molecular weight is 445 g/mol. The standard InChI is InChI=1S/C26H52O5/c1-5-7-15-25(6-2)23-30-22-21-29-20-19-28-17-13-16-26(27)31-18-12-10-8-9-11-14-24(3)4/h24-25H,5-23H2,1-4H3. The number of hydrogen-bond acceptors (Lipinski definition) is 5. The van der Waals surface area contributed by atoms with Crippen LogP contribution in [0.15, 0.2) is 0 Å². The molecule has 1 unspecified atom stereocenters. The Labute approximate surface area is 192 Å². The average Bonchev–Trinajstić information content (AvgIpc) is 2.75. The Bertz CT molecular complexity index is 373. The van der Waals surface area contributed by atoms with Crippen LogP contribution in [0.4, 0.5) is 0 Å². The SMILES string of the molecule is CCCCC(CC)COCCOCCOCCCC(=O)OCCCCCCCC(C)C. The number of carbonyl (C=O) groups is 1. The molecule has 186 valence electrons. The van der Waals surface area contributed by atoms with Gasteiger partial charge < -0.3 is 18.9 Å². The molecule has 5 heteroatoms. The van der Waals surface area contributed by atoms with Gasteiger partial charge in [-0.05, 0) is 31.1 Å². The summed E-state index contributed by atoms with van der Waals surface area (Å²) in [6.07, 6.45) is 13.4. The number of rotatable bonds is 24. The van der Waals surface area contributed by atoms with Crippen molar-refractivity contribution < 1.29 is 23.7 Å². The van der Waals surface area contributed by atoms with Crippen molar-refractivity contribution in [3.05, 3.63) is 0 Å². The van der Waals surface area contributed by atoms with Crippen LogP contribution in [0.1, 0.15) is 105 Å². The topological polar surface area (TPSA) is 54.0 Å². The molecule has 0 aliphatic heterocycles. The summed E-state index contributed by atoms with van der Waals surface area (Å²) >= 11 is 0. The molecule has 0 saturated heterocycles. The van der Waals surface area contributed by atoms with Crippen LogP contribution in [-0.4, -0.2) is 52.2 Å². The highest BCUT2D eigenvalue weighted by Crippen LogP contribution is 2.13. The normalized spacial score (nSPS) is 12.4. The monoisotopic (exact) mass is 444 g/mol. The molecule has 0 aromatic heterocycles. The third kappa shape index (κ3) is 23.8. The second-order valence-corrected chi connectivity index (χ2v) is 8.99. The van der Waals surface area contributed by atoms with Gasteiger partial charge in [0.25, 0.3) is 0 Å². The van der Waals surface area contributed by atoms with Crippen molar-refractivity contribution in [1.29, 1.82) is 0 Å². The van der Waals surface area contributed by atoms with Crippen molar-refractivity contribution >= 4 is 5.97 Å². The molecule has 0 spiro atoms. The van der Waals surface area contributed by atoms with Crippen LogP contribution in [0.5, 0.6) is 0 Å². The minimum Gasteiger partial charge on any atom is -0.466 e. The molecule has 0 rings (SSSR count). The predicted molar refractivity (Wildman–Crippen MR) is 128 cm³/mol. The van der Waals surface area contributed by atoms with Crippen molar-refractivity contribution in [3.63, 3.8) is 0 Å². The molecule has 0 bridgehead atoms. The zero-order valence-corrected chi connectivity index (χ0v) is 21.1. The second-order valence-electron chi connectivity index (χ2n) is 8.99. The highest BCUT2D eigenvalue weighted by Gasteiger charge is 2.06. The predicted octanol–water partition coefficient (Wildman–Crippen LogP) is 6.57. The maximum Gasteiger partial charge on any atom is 0.305 e. The summed E-state index contributed by atoms with van der Waals surface area (Å²) < 4.78 is 22.0. The van der Waals surface area contributed by atoms with Crippen LogP contribution in [0.25, 0.3) is 0 Å². The van der Waals surface area contributed by atoms with Crippen LogP contribution in [0, 0.1) is 11.8 Å². The lowest BCUT2D eigenvalue weighted by atomic mass is 10.0. The summed E-state index contributed by atoms with van der Waals surface area (Å²) in [5, 5.41) is 0. The van der Waals surface area contributed by atoms with E-state index in [9.17, 15) is 4.79 Å². The quantitative estimate of drug-likeness (QED) is 0.124. The number of ether oxygens (including phenoxy) is 4. The molecule has 0 fully saturated rings. The lowest BCUT2D eigenvalue weighted by molar-refractivity contribution is -0.144. The first kappa shape index (κ1) is 30.4. The Hall–Kier alpha value is -0.650. The number of unbranched alkanes of at least 4 members (excludes halogenated alkanes) is 5. The lowest BCUT2D eigenvalue weighted by Crippen LogP contribution is -2.14. The molecule has 0 radical (unpaired) electrons. The van der Waals surface area contributed by atoms with Crippen molar-refractivity contribution in [3.8, 4) is 0 Å². The zero-order valence-electron chi connectivity index (χ0n) is 21.1. The molecule has 0 N–H and O–H groups in total. The first-order valence-corrected chi connectivity index (χ1v) is 13.0. The molecule has 31 heavy (non-hydrogen) atoms. The van der Waals surface area contributed by atoms with E-state index in [1.54, 1.807) is 0 Å². The summed E-state index contributed by atoms with van der Waals surface area (Å²) in [7, 11) is 0. The van der Waals surface area contributed by atoms with Crippen molar-refractivity contribution in [2.45, 2.75) is 105 Å². The van der Waals surface area contributed by atoms with Gasteiger partial charge in [0, 0.05) is 19.6 Å². The van der Waals surface area contributed by atoms with Crippen molar-refractivity contribution in [2.75, 3.05) is 46.2 Å². The Morgan fingerprint density at radius 1 is 0.677 bits per heavy atom. The summed E-state index contributed by atoms with van der Waals surface area (Å²) in [6, 6.07) is 0. The third-order valence-electron chi connectivity index (χ3n) is 5.50. The molecule has 0 aliphatic rings. The number of esters is 1. The van der Waals surface area contributed by atoms with Gasteiger partial charge in [-0.15, -0.1) is 0 Å². The van der Waals surface area contributed by atoms with Crippen LogP contribution in [0.3, 0.4) is 0 Å². The van der Waals surface area contributed by atoms with Gasteiger partial charge in [-0.3, -0.25) is 4.79 Å². The molecule has 0 amide bonds. The smallest absolute Gasteiger partial charge is 0.305 e. The van der Waals surface area contributed by atoms with E-state index in [-0.39, 0.29) is 5.97 Å². The fourth-order valence-corrected chi connectivity index (χ4v) is 3.35. The Morgan fingerprint density at radius 3 is 2.00 bits per heavy atom.